The lowest BCUT2D eigenvalue weighted by Crippen LogP contribution is -2.29. The fourth-order valence-electron chi connectivity index (χ4n) is 1.58. The summed E-state index contributed by atoms with van der Waals surface area (Å²) in [6.07, 6.45) is 2.71. The molecule has 2 aromatic rings. The van der Waals surface area contributed by atoms with E-state index in [1.807, 2.05) is 22.6 Å². The molecule has 0 spiro atoms. The Labute approximate surface area is 143 Å². The smallest absolute Gasteiger partial charge is 0.267 e. The quantitative estimate of drug-likeness (QED) is 0.568. The first kappa shape index (κ1) is 16.1. The van der Waals surface area contributed by atoms with Crippen molar-refractivity contribution in [2.45, 2.75) is 6.54 Å². The molecule has 0 aliphatic heterocycles. The molecule has 1 heterocycles. The number of nitrogens with zero attached hydrogens (tertiary/aromatic N) is 2. The highest BCUT2D eigenvalue weighted by Crippen LogP contribution is 2.32. The van der Waals surface area contributed by atoms with E-state index >= 15 is 0 Å². The van der Waals surface area contributed by atoms with Crippen LogP contribution in [0.3, 0.4) is 0 Å². The van der Waals surface area contributed by atoms with Gasteiger partial charge in [-0.05, 0) is 34.7 Å². The fraction of sp³-hybridized carbons (Fsp3) is 0.0833. The number of anilines is 2. The number of hydrogen-bond donors (Lipinski definition) is 2. The zero-order chi connectivity index (χ0) is 15.6. The number of nitrogen functional groups attached to an aromatic ring is 1. The van der Waals surface area contributed by atoms with Crippen molar-refractivity contribution in [1.82, 2.24) is 9.55 Å². The summed E-state index contributed by atoms with van der Waals surface area (Å²) < 4.78 is 1.61. The number of aromatic nitrogens is 2. The van der Waals surface area contributed by atoms with Crippen LogP contribution < -0.4 is 16.6 Å². The van der Waals surface area contributed by atoms with Gasteiger partial charge in [0.15, 0.2) is 0 Å². The van der Waals surface area contributed by atoms with Gasteiger partial charge in [0.05, 0.1) is 25.6 Å². The van der Waals surface area contributed by atoms with Crippen LogP contribution in [0.1, 0.15) is 0 Å². The monoisotopic (exact) mass is 438 g/mol. The largest absolute Gasteiger partial charge is 0.399 e. The second-order valence-electron chi connectivity index (χ2n) is 4.08. The van der Waals surface area contributed by atoms with E-state index in [9.17, 15) is 9.59 Å². The number of halogens is 3. The van der Waals surface area contributed by atoms with Gasteiger partial charge in [0.2, 0.25) is 5.91 Å². The zero-order valence-corrected chi connectivity index (χ0v) is 14.1. The lowest BCUT2D eigenvalue weighted by molar-refractivity contribution is -0.116. The topological polar surface area (TPSA) is 90.0 Å². The Morgan fingerprint density at radius 1 is 1.38 bits per heavy atom. The van der Waals surface area contributed by atoms with Crippen LogP contribution in [0, 0.1) is 3.57 Å². The number of carbonyl (C=O) groups is 1. The van der Waals surface area contributed by atoms with Gasteiger partial charge in [0.25, 0.3) is 5.56 Å². The van der Waals surface area contributed by atoms with E-state index in [1.54, 1.807) is 0 Å². The first-order valence-corrected chi connectivity index (χ1v) is 7.46. The average Bonchev–Trinajstić information content (AvgIpc) is 2.39. The second kappa shape index (κ2) is 6.63. The molecule has 1 aromatic carbocycles. The Kier molecular flexibility index (Phi) is 5.07. The van der Waals surface area contributed by atoms with E-state index in [4.69, 9.17) is 28.9 Å². The molecule has 9 heteroatoms. The summed E-state index contributed by atoms with van der Waals surface area (Å²) in [5.41, 5.74) is 5.93. The molecule has 0 saturated carbocycles. The van der Waals surface area contributed by atoms with Crippen molar-refractivity contribution in [1.29, 1.82) is 0 Å². The Morgan fingerprint density at radius 2 is 2.00 bits per heavy atom. The zero-order valence-electron chi connectivity index (χ0n) is 10.4. The Morgan fingerprint density at radius 3 is 2.62 bits per heavy atom. The maximum atomic E-state index is 12.0. The fourth-order valence-corrected chi connectivity index (χ4v) is 2.65. The van der Waals surface area contributed by atoms with Gasteiger partial charge >= 0.3 is 0 Å². The van der Waals surface area contributed by atoms with Crippen molar-refractivity contribution in [3.8, 4) is 0 Å². The molecular formula is C12H9Cl2IN4O2. The molecule has 1 aromatic heterocycles. The number of nitrogens with two attached hydrogens (primary N) is 1. The summed E-state index contributed by atoms with van der Waals surface area (Å²) in [7, 11) is 0. The van der Waals surface area contributed by atoms with Gasteiger partial charge in [-0.25, -0.2) is 4.98 Å². The summed E-state index contributed by atoms with van der Waals surface area (Å²) in [5.74, 6) is -0.450. The highest BCUT2D eigenvalue weighted by Gasteiger charge is 2.12. The number of hydrogen-bond acceptors (Lipinski definition) is 4. The molecule has 0 aliphatic rings. The molecule has 1 amide bonds. The van der Waals surface area contributed by atoms with Crippen LogP contribution in [0.4, 0.5) is 11.4 Å². The summed E-state index contributed by atoms with van der Waals surface area (Å²) >= 11 is 13.8. The van der Waals surface area contributed by atoms with Gasteiger partial charge in [-0.15, -0.1) is 0 Å². The maximum Gasteiger partial charge on any atom is 0.267 e. The van der Waals surface area contributed by atoms with Gasteiger partial charge in [0.1, 0.15) is 6.54 Å². The van der Waals surface area contributed by atoms with Gasteiger partial charge < -0.3 is 11.1 Å². The van der Waals surface area contributed by atoms with Crippen molar-refractivity contribution in [2.75, 3.05) is 11.1 Å². The van der Waals surface area contributed by atoms with E-state index in [1.165, 1.54) is 29.2 Å². The molecule has 0 radical (unpaired) electrons. The van der Waals surface area contributed by atoms with Crippen LogP contribution in [-0.2, 0) is 11.3 Å². The van der Waals surface area contributed by atoms with E-state index in [0.717, 1.165) is 0 Å². The van der Waals surface area contributed by atoms with Crippen LogP contribution in [0.5, 0.6) is 0 Å². The lowest BCUT2D eigenvalue weighted by Gasteiger charge is -2.11. The van der Waals surface area contributed by atoms with Crippen LogP contribution >= 0.6 is 45.8 Å². The predicted octanol–water partition coefficient (Wildman–Crippen LogP) is 2.38. The van der Waals surface area contributed by atoms with Crippen LogP contribution in [0.15, 0.2) is 29.5 Å². The highest BCUT2D eigenvalue weighted by molar-refractivity contribution is 14.1. The minimum atomic E-state index is -0.450. The van der Waals surface area contributed by atoms with Crippen molar-refractivity contribution in [2.24, 2.45) is 0 Å². The molecule has 3 N–H and O–H groups in total. The molecule has 21 heavy (non-hydrogen) atoms. The molecule has 0 unspecified atom stereocenters. The lowest BCUT2D eigenvalue weighted by atomic mass is 10.3. The standard InChI is InChI=1S/C12H9Cl2IN4O2/c13-7-1-6(16)2-8(14)11(7)18-10(20)4-19-5-17-3-9(15)12(19)21/h1-3,5H,4,16H2,(H,18,20). The Bertz CT molecular complexity index is 740. The number of carbonyl (C=O) groups excluding carboxylic acids is 1. The predicted molar refractivity (Wildman–Crippen MR) is 90.7 cm³/mol. The second-order valence-corrected chi connectivity index (χ2v) is 6.06. The highest BCUT2D eigenvalue weighted by atomic mass is 127. The van der Waals surface area contributed by atoms with Crippen molar-refractivity contribution >= 4 is 63.1 Å². The molecule has 0 atom stereocenters. The van der Waals surface area contributed by atoms with E-state index in [2.05, 4.69) is 10.3 Å². The molecule has 0 bridgehead atoms. The Balaban J connectivity index is 2.20. The number of benzene rings is 1. The minimum absolute atomic E-state index is 0.195. The maximum absolute atomic E-state index is 12.0. The van der Waals surface area contributed by atoms with Crippen molar-refractivity contribution in [3.05, 3.63) is 48.6 Å². The van der Waals surface area contributed by atoms with Gasteiger partial charge in [-0.3, -0.25) is 14.2 Å². The summed E-state index contributed by atoms with van der Waals surface area (Å²) in [6.45, 7) is -0.195. The normalized spacial score (nSPS) is 10.4. The summed E-state index contributed by atoms with van der Waals surface area (Å²) in [6, 6.07) is 2.95. The van der Waals surface area contributed by atoms with Gasteiger partial charge in [-0.2, -0.15) is 0 Å². The van der Waals surface area contributed by atoms with E-state index < -0.39 is 5.91 Å². The molecule has 6 nitrogen and oxygen atoms in total. The molecule has 110 valence electrons. The number of rotatable bonds is 3. The first-order chi connectivity index (χ1) is 9.88. The third kappa shape index (κ3) is 3.86. The molecule has 2 rings (SSSR count). The van der Waals surface area contributed by atoms with Gasteiger partial charge in [0, 0.05) is 11.9 Å². The Hall–Kier alpha value is -1.32. The SMILES string of the molecule is Nc1cc(Cl)c(NC(=O)Cn2cncc(I)c2=O)c(Cl)c1. The summed E-state index contributed by atoms with van der Waals surface area (Å²) in [4.78, 5) is 27.6. The number of amides is 1. The van der Waals surface area contributed by atoms with Crippen LogP contribution in [-0.4, -0.2) is 15.5 Å². The molecule has 0 saturated heterocycles. The van der Waals surface area contributed by atoms with Crippen LogP contribution in [0.25, 0.3) is 0 Å². The molecular weight excluding hydrogens is 430 g/mol. The number of nitrogens with one attached hydrogen (secondary N) is 1. The van der Waals surface area contributed by atoms with Crippen molar-refractivity contribution < 1.29 is 4.79 Å². The molecule has 0 aliphatic carbocycles. The molecule has 0 fully saturated rings. The average molecular weight is 439 g/mol. The van der Waals surface area contributed by atoms with Crippen molar-refractivity contribution in [3.63, 3.8) is 0 Å². The van der Waals surface area contributed by atoms with E-state index in [0.29, 0.717) is 9.26 Å². The third-order valence-electron chi connectivity index (χ3n) is 2.50. The van der Waals surface area contributed by atoms with Gasteiger partial charge in [-0.1, -0.05) is 23.2 Å². The van der Waals surface area contributed by atoms with Crippen LogP contribution in [0.2, 0.25) is 10.0 Å². The third-order valence-corrected chi connectivity index (χ3v) is 3.84. The first-order valence-electron chi connectivity index (χ1n) is 5.63. The summed E-state index contributed by atoms with van der Waals surface area (Å²) in [5, 5.41) is 3.00. The minimum Gasteiger partial charge on any atom is -0.399 e. The van der Waals surface area contributed by atoms with E-state index in [-0.39, 0.29) is 27.8 Å².